The van der Waals surface area contributed by atoms with Gasteiger partial charge in [-0.2, -0.15) is 0 Å². The third-order valence-electron chi connectivity index (χ3n) is 3.49. The molecule has 30 heavy (non-hydrogen) atoms. The number of carbonyl (C=O) groups excluding carboxylic acids is 4. The Hall–Kier alpha value is -3.34. The topological polar surface area (TPSA) is 114 Å². The first-order chi connectivity index (χ1) is 14.2. The van der Waals surface area contributed by atoms with E-state index < -0.39 is 55.0 Å². The smallest absolute Gasteiger partial charge is 0.325 e. The van der Waals surface area contributed by atoms with E-state index in [1.807, 2.05) is 0 Å². The largest absolute Gasteiger partial charge is 0.454 e. The van der Waals surface area contributed by atoms with E-state index in [2.05, 4.69) is 31.9 Å². The van der Waals surface area contributed by atoms with Crippen LogP contribution in [0.25, 0.3) is 0 Å². The standard InChI is InChI=1S/C19H16BrF2N3O5/c20-12-3-1-2-11(6-12)19(29)24-9-18(28)30-10-17(27)23-8-16(26)25-13-4-5-14(21)15(22)7-13/h1-7H,8-10H2,(H,23,27)(H,24,29)(H,25,26). The van der Waals surface area contributed by atoms with Gasteiger partial charge in [-0.15, -0.1) is 0 Å². The molecule has 3 amide bonds. The number of anilines is 1. The van der Waals surface area contributed by atoms with Crippen molar-refractivity contribution in [2.75, 3.05) is 25.0 Å². The van der Waals surface area contributed by atoms with Gasteiger partial charge in [-0.05, 0) is 30.3 Å². The summed E-state index contributed by atoms with van der Waals surface area (Å²) in [5, 5.41) is 6.80. The highest BCUT2D eigenvalue weighted by Gasteiger charge is 2.12. The number of carbonyl (C=O) groups is 4. The van der Waals surface area contributed by atoms with Crippen molar-refractivity contribution in [2.45, 2.75) is 0 Å². The Morgan fingerprint density at radius 1 is 0.900 bits per heavy atom. The molecule has 2 rings (SSSR count). The Kier molecular flexibility index (Phi) is 8.41. The molecule has 0 saturated heterocycles. The minimum atomic E-state index is -1.13. The number of benzene rings is 2. The van der Waals surface area contributed by atoms with Crippen LogP contribution in [0.4, 0.5) is 14.5 Å². The Morgan fingerprint density at radius 3 is 2.37 bits per heavy atom. The fourth-order valence-electron chi connectivity index (χ4n) is 2.09. The molecule has 0 aromatic heterocycles. The molecule has 11 heteroatoms. The second-order valence-electron chi connectivity index (χ2n) is 5.81. The predicted molar refractivity (Wildman–Crippen MR) is 105 cm³/mol. The summed E-state index contributed by atoms with van der Waals surface area (Å²) >= 11 is 3.22. The number of esters is 1. The van der Waals surface area contributed by atoms with Crippen molar-refractivity contribution in [3.8, 4) is 0 Å². The maximum Gasteiger partial charge on any atom is 0.325 e. The van der Waals surface area contributed by atoms with Gasteiger partial charge in [0.2, 0.25) is 5.91 Å². The van der Waals surface area contributed by atoms with E-state index in [1.165, 1.54) is 0 Å². The van der Waals surface area contributed by atoms with Gasteiger partial charge < -0.3 is 20.7 Å². The SMILES string of the molecule is O=C(COC(=O)CNC(=O)c1cccc(Br)c1)NCC(=O)Nc1ccc(F)c(F)c1. The van der Waals surface area contributed by atoms with Gasteiger partial charge >= 0.3 is 5.97 Å². The summed E-state index contributed by atoms with van der Waals surface area (Å²) in [6.45, 7) is -1.59. The van der Waals surface area contributed by atoms with E-state index in [1.54, 1.807) is 24.3 Å². The van der Waals surface area contributed by atoms with Crippen LogP contribution in [0.3, 0.4) is 0 Å². The van der Waals surface area contributed by atoms with Crippen molar-refractivity contribution >= 4 is 45.3 Å². The maximum atomic E-state index is 13.1. The summed E-state index contributed by atoms with van der Waals surface area (Å²) < 4.78 is 31.3. The number of hydrogen-bond acceptors (Lipinski definition) is 5. The van der Waals surface area contributed by atoms with E-state index in [0.29, 0.717) is 10.0 Å². The van der Waals surface area contributed by atoms with Gasteiger partial charge in [0.15, 0.2) is 18.2 Å². The molecule has 0 saturated carbocycles. The number of ether oxygens (including phenoxy) is 1. The minimum Gasteiger partial charge on any atom is -0.454 e. The number of halogens is 3. The van der Waals surface area contributed by atoms with Crippen LogP contribution in [0.2, 0.25) is 0 Å². The quantitative estimate of drug-likeness (QED) is 0.495. The van der Waals surface area contributed by atoms with Gasteiger partial charge in [0.25, 0.3) is 11.8 Å². The van der Waals surface area contributed by atoms with Gasteiger partial charge in [-0.1, -0.05) is 22.0 Å². The fraction of sp³-hybridized carbons (Fsp3) is 0.158. The molecule has 0 atom stereocenters. The third-order valence-corrected chi connectivity index (χ3v) is 3.99. The lowest BCUT2D eigenvalue weighted by molar-refractivity contribution is -0.147. The molecule has 0 aliphatic heterocycles. The molecule has 0 heterocycles. The molecule has 0 aliphatic rings. The zero-order valence-electron chi connectivity index (χ0n) is 15.3. The molecular weight excluding hydrogens is 468 g/mol. The van der Waals surface area contributed by atoms with Gasteiger partial charge in [0.05, 0.1) is 6.54 Å². The van der Waals surface area contributed by atoms with Gasteiger partial charge in [-0.25, -0.2) is 8.78 Å². The number of rotatable bonds is 8. The summed E-state index contributed by atoms with van der Waals surface area (Å²) in [7, 11) is 0. The van der Waals surface area contributed by atoms with E-state index in [0.717, 1.165) is 18.2 Å². The van der Waals surface area contributed by atoms with Gasteiger partial charge in [0, 0.05) is 21.8 Å². The van der Waals surface area contributed by atoms with Crippen LogP contribution < -0.4 is 16.0 Å². The average molecular weight is 484 g/mol. The molecular formula is C19H16BrF2N3O5. The number of amides is 3. The Morgan fingerprint density at radius 2 is 1.67 bits per heavy atom. The minimum absolute atomic E-state index is 0.0146. The fourth-order valence-corrected chi connectivity index (χ4v) is 2.49. The lowest BCUT2D eigenvalue weighted by Crippen LogP contribution is -2.37. The second-order valence-corrected chi connectivity index (χ2v) is 6.72. The summed E-state index contributed by atoms with van der Waals surface area (Å²) in [6, 6.07) is 9.32. The molecule has 2 aromatic carbocycles. The van der Waals surface area contributed by atoms with Crippen LogP contribution in [0.5, 0.6) is 0 Å². The van der Waals surface area contributed by atoms with Crippen LogP contribution in [-0.2, 0) is 19.1 Å². The van der Waals surface area contributed by atoms with E-state index in [4.69, 9.17) is 4.74 Å². The summed E-state index contributed by atoms with van der Waals surface area (Å²) in [4.78, 5) is 46.8. The molecule has 0 fully saturated rings. The molecule has 8 nitrogen and oxygen atoms in total. The highest BCUT2D eigenvalue weighted by molar-refractivity contribution is 9.10. The first-order valence-electron chi connectivity index (χ1n) is 8.45. The molecule has 0 aliphatic carbocycles. The van der Waals surface area contributed by atoms with E-state index in [9.17, 15) is 28.0 Å². The van der Waals surface area contributed by atoms with Crippen molar-refractivity contribution in [3.63, 3.8) is 0 Å². The van der Waals surface area contributed by atoms with Crippen molar-refractivity contribution < 1.29 is 32.7 Å². The van der Waals surface area contributed by atoms with Crippen LogP contribution in [-0.4, -0.2) is 43.4 Å². The highest BCUT2D eigenvalue weighted by atomic mass is 79.9. The number of nitrogens with one attached hydrogen (secondary N) is 3. The summed E-state index contributed by atoms with van der Waals surface area (Å²) in [5.41, 5.74) is 0.350. The molecule has 0 unspecified atom stereocenters. The van der Waals surface area contributed by atoms with Crippen LogP contribution in [0, 0.1) is 11.6 Å². The van der Waals surface area contributed by atoms with Crippen LogP contribution in [0.1, 0.15) is 10.4 Å². The van der Waals surface area contributed by atoms with Crippen molar-refractivity contribution in [1.29, 1.82) is 0 Å². The molecule has 0 radical (unpaired) electrons. The molecule has 3 N–H and O–H groups in total. The lowest BCUT2D eigenvalue weighted by Gasteiger charge is -2.08. The highest BCUT2D eigenvalue weighted by Crippen LogP contribution is 2.13. The second kappa shape index (κ2) is 11.0. The van der Waals surface area contributed by atoms with Crippen molar-refractivity contribution in [2.24, 2.45) is 0 Å². The monoisotopic (exact) mass is 483 g/mol. The first-order valence-corrected chi connectivity index (χ1v) is 9.25. The van der Waals surface area contributed by atoms with Crippen molar-refractivity contribution in [1.82, 2.24) is 10.6 Å². The molecule has 2 aromatic rings. The van der Waals surface area contributed by atoms with Crippen molar-refractivity contribution in [3.05, 3.63) is 64.1 Å². The zero-order chi connectivity index (χ0) is 22.1. The lowest BCUT2D eigenvalue weighted by atomic mass is 10.2. The number of hydrogen-bond donors (Lipinski definition) is 3. The first kappa shape index (κ1) is 22.9. The Bertz CT molecular complexity index is 971. The normalized spacial score (nSPS) is 10.1. The van der Waals surface area contributed by atoms with Crippen LogP contribution >= 0.6 is 15.9 Å². The zero-order valence-corrected chi connectivity index (χ0v) is 16.9. The van der Waals surface area contributed by atoms with E-state index >= 15 is 0 Å². The molecule has 158 valence electrons. The maximum absolute atomic E-state index is 13.1. The predicted octanol–water partition coefficient (Wildman–Crippen LogP) is 1.76. The summed E-state index contributed by atoms with van der Waals surface area (Å²) in [6.07, 6.45) is 0. The van der Waals surface area contributed by atoms with E-state index in [-0.39, 0.29) is 5.69 Å². The van der Waals surface area contributed by atoms with Gasteiger partial charge in [0.1, 0.15) is 6.54 Å². The summed E-state index contributed by atoms with van der Waals surface area (Å²) in [5.74, 6) is -4.98. The Labute approximate surface area is 178 Å². The van der Waals surface area contributed by atoms with Crippen LogP contribution in [0.15, 0.2) is 46.9 Å². The molecule has 0 bridgehead atoms. The average Bonchev–Trinajstić information content (AvgIpc) is 2.71. The molecule has 0 spiro atoms. The third kappa shape index (κ3) is 7.59. The Balaban J connectivity index is 1.66. The van der Waals surface area contributed by atoms with Gasteiger partial charge in [-0.3, -0.25) is 19.2 Å².